The van der Waals surface area contributed by atoms with Crippen LogP contribution >= 0.6 is 0 Å². The van der Waals surface area contributed by atoms with Crippen LogP contribution in [0.4, 0.5) is 5.69 Å². The highest BCUT2D eigenvalue weighted by molar-refractivity contribution is 7.91. The number of sulfonamides is 1. The lowest BCUT2D eigenvalue weighted by Crippen LogP contribution is -2.15. The summed E-state index contributed by atoms with van der Waals surface area (Å²) < 4.78 is 26.6. The van der Waals surface area contributed by atoms with Gasteiger partial charge in [-0.25, -0.2) is 8.42 Å². The maximum Gasteiger partial charge on any atom is 0.236 e. The molecule has 0 fully saturated rings. The minimum Gasteiger partial charge on any atom is -0.392 e. The summed E-state index contributed by atoms with van der Waals surface area (Å²) in [5.74, 6) is -0.111. The third-order valence-corrected chi connectivity index (χ3v) is 3.99. The average molecular weight is 292 g/mol. The first-order valence-electron chi connectivity index (χ1n) is 6.10. The van der Waals surface area contributed by atoms with Gasteiger partial charge in [0.15, 0.2) is 0 Å². The van der Waals surface area contributed by atoms with Crippen molar-refractivity contribution in [1.82, 2.24) is 4.98 Å². The van der Waals surface area contributed by atoms with E-state index < -0.39 is 10.0 Å². The van der Waals surface area contributed by atoms with Crippen molar-refractivity contribution in [2.24, 2.45) is 0 Å². The van der Waals surface area contributed by atoms with E-state index in [9.17, 15) is 8.42 Å². The number of aliphatic hydroxyl groups is 1. The summed E-state index contributed by atoms with van der Waals surface area (Å²) in [4.78, 5) is 4.01. The van der Waals surface area contributed by atoms with Crippen molar-refractivity contribution in [2.45, 2.75) is 19.3 Å². The van der Waals surface area contributed by atoms with Crippen LogP contribution in [0.1, 0.15) is 16.8 Å². The number of nitrogens with zero attached hydrogens (tertiary/aromatic N) is 1. The number of benzene rings is 1. The SMILES string of the molecule is Cc1cc(NS(=O)(=O)Cc2ccc(CO)cc2)ccn1. The fourth-order valence-electron chi connectivity index (χ4n) is 1.79. The van der Waals surface area contributed by atoms with Crippen LogP contribution in [0, 0.1) is 6.92 Å². The Bertz CT molecular complexity index is 682. The molecular weight excluding hydrogens is 276 g/mol. The highest BCUT2D eigenvalue weighted by Gasteiger charge is 2.12. The van der Waals surface area contributed by atoms with E-state index in [-0.39, 0.29) is 12.4 Å². The Labute approximate surface area is 118 Å². The number of pyridine rings is 1. The molecule has 0 atom stereocenters. The number of aliphatic hydroxyl groups excluding tert-OH is 1. The Morgan fingerprint density at radius 1 is 1.15 bits per heavy atom. The molecular formula is C14H16N2O3S. The van der Waals surface area contributed by atoms with Crippen LogP contribution in [0.25, 0.3) is 0 Å². The minimum absolute atomic E-state index is 0.0540. The summed E-state index contributed by atoms with van der Waals surface area (Å²) in [6.07, 6.45) is 1.56. The Kier molecular flexibility index (Phi) is 4.36. The Hall–Kier alpha value is -1.92. The lowest BCUT2D eigenvalue weighted by Gasteiger charge is -2.08. The lowest BCUT2D eigenvalue weighted by atomic mass is 10.2. The summed E-state index contributed by atoms with van der Waals surface area (Å²) in [5.41, 5.74) is 2.67. The van der Waals surface area contributed by atoms with E-state index in [1.54, 1.807) is 49.5 Å². The fourth-order valence-corrected chi connectivity index (χ4v) is 2.97. The molecule has 0 saturated carbocycles. The van der Waals surface area contributed by atoms with Gasteiger partial charge in [0.25, 0.3) is 0 Å². The number of hydrogen-bond donors (Lipinski definition) is 2. The Morgan fingerprint density at radius 3 is 2.40 bits per heavy atom. The van der Waals surface area contributed by atoms with Gasteiger partial charge in [0.1, 0.15) is 0 Å². The maximum absolute atomic E-state index is 12.1. The van der Waals surface area contributed by atoms with E-state index in [0.717, 1.165) is 11.3 Å². The van der Waals surface area contributed by atoms with Gasteiger partial charge in [0.2, 0.25) is 10.0 Å². The predicted molar refractivity (Wildman–Crippen MR) is 77.6 cm³/mol. The van der Waals surface area contributed by atoms with Crippen molar-refractivity contribution in [3.63, 3.8) is 0 Å². The standard InChI is InChI=1S/C14H16N2O3S/c1-11-8-14(6-7-15-11)16-20(18,19)10-13-4-2-12(9-17)3-5-13/h2-8,17H,9-10H2,1H3,(H,15,16). The van der Waals surface area contributed by atoms with Gasteiger partial charge in [-0.3, -0.25) is 9.71 Å². The van der Waals surface area contributed by atoms with Gasteiger partial charge in [0, 0.05) is 11.9 Å². The number of nitrogens with one attached hydrogen (secondary N) is 1. The highest BCUT2D eigenvalue weighted by Crippen LogP contribution is 2.13. The molecule has 0 spiro atoms. The molecule has 1 heterocycles. The van der Waals surface area contributed by atoms with Crippen molar-refractivity contribution < 1.29 is 13.5 Å². The first-order chi connectivity index (χ1) is 9.48. The number of anilines is 1. The molecule has 2 N–H and O–H groups in total. The largest absolute Gasteiger partial charge is 0.392 e. The van der Waals surface area contributed by atoms with E-state index in [4.69, 9.17) is 5.11 Å². The molecule has 0 amide bonds. The molecule has 6 heteroatoms. The van der Waals surface area contributed by atoms with Gasteiger partial charge in [-0.1, -0.05) is 24.3 Å². The first kappa shape index (κ1) is 14.5. The lowest BCUT2D eigenvalue weighted by molar-refractivity contribution is 0.282. The summed E-state index contributed by atoms with van der Waals surface area (Å²) in [6, 6.07) is 10.1. The van der Waals surface area contributed by atoms with Crippen LogP contribution in [0.3, 0.4) is 0 Å². The monoisotopic (exact) mass is 292 g/mol. The molecule has 2 rings (SSSR count). The fraction of sp³-hybridized carbons (Fsp3) is 0.214. The number of rotatable bonds is 5. The zero-order valence-electron chi connectivity index (χ0n) is 11.1. The molecule has 2 aromatic rings. The van der Waals surface area contributed by atoms with Crippen LogP contribution in [0.5, 0.6) is 0 Å². The van der Waals surface area contributed by atoms with Crippen LogP contribution in [-0.4, -0.2) is 18.5 Å². The van der Waals surface area contributed by atoms with Crippen LogP contribution in [-0.2, 0) is 22.4 Å². The summed E-state index contributed by atoms with van der Waals surface area (Å²) in [7, 11) is -3.46. The summed E-state index contributed by atoms with van der Waals surface area (Å²) in [5, 5.41) is 8.95. The third kappa shape index (κ3) is 4.04. The van der Waals surface area contributed by atoms with Gasteiger partial charge < -0.3 is 5.11 Å². The summed E-state index contributed by atoms with van der Waals surface area (Å²) >= 11 is 0. The Balaban J connectivity index is 2.10. The second-order valence-corrected chi connectivity index (χ2v) is 6.24. The quantitative estimate of drug-likeness (QED) is 0.881. The van der Waals surface area contributed by atoms with Gasteiger partial charge in [-0.05, 0) is 30.2 Å². The van der Waals surface area contributed by atoms with Crippen molar-refractivity contribution in [3.8, 4) is 0 Å². The van der Waals surface area contributed by atoms with Crippen molar-refractivity contribution >= 4 is 15.7 Å². The molecule has 5 nitrogen and oxygen atoms in total. The van der Waals surface area contributed by atoms with Gasteiger partial charge in [0.05, 0.1) is 18.0 Å². The van der Waals surface area contributed by atoms with E-state index in [1.165, 1.54) is 0 Å². The molecule has 0 aliphatic rings. The van der Waals surface area contributed by atoms with Gasteiger partial charge in [-0.2, -0.15) is 0 Å². The van der Waals surface area contributed by atoms with Crippen molar-refractivity contribution in [3.05, 3.63) is 59.4 Å². The Morgan fingerprint density at radius 2 is 1.80 bits per heavy atom. The average Bonchev–Trinajstić information content (AvgIpc) is 2.38. The second kappa shape index (κ2) is 6.02. The number of aryl methyl sites for hydroxylation is 1. The summed E-state index contributed by atoms with van der Waals surface area (Å²) in [6.45, 7) is 1.74. The molecule has 106 valence electrons. The van der Waals surface area contributed by atoms with Gasteiger partial charge in [-0.15, -0.1) is 0 Å². The number of hydrogen-bond acceptors (Lipinski definition) is 4. The molecule has 0 radical (unpaired) electrons. The van der Waals surface area contributed by atoms with E-state index >= 15 is 0 Å². The minimum atomic E-state index is -3.46. The third-order valence-electron chi connectivity index (χ3n) is 2.73. The van der Waals surface area contributed by atoms with Crippen LogP contribution in [0.2, 0.25) is 0 Å². The molecule has 0 saturated heterocycles. The van der Waals surface area contributed by atoms with E-state index in [0.29, 0.717) is 11.3 Å². The predicted octanol–water partition coefficient (Wildman–Crippen LogP) is 1.82. The normalized spacial score (nSPS) is 11.3. The van der Waals surface area contributed by atoms with Gasteiger partial charge >= 0.3 is 0 Å². The van der Waals surface area contributed by atoms with Crippen LogP contribution in [0.15, 0.2) is 42.6 Å². The van der Waals surface area contributed by atoms with Crippen molar-refractivity contribution in [1.29, 1.82) is 0 Å². The molecule has 0 aliphatic carbocycles. The molecule has 0 unspecified atom stereocenters. The van der Waals surface area contributed by atoms with E-state index in [2.05, 4.69) is 9.71 Å². The molecule has 20 heavy (non-hydrogen) atoms. The molecule has 0 aliphatic heterocycles. The van der Waals surface area contributed by atoms with Crippen LogP contribution < -0.4 is 4.72 Å². The highest BCUT2D eigenvalue weighted by atomic mass is 32.2. The maximum atomic E-state index is 12.1. The van der Waals surface area contributed by atoms with E-state index in [1.807, 2.05) is 0 Å². The number of aromatic nitrogens is 1. The topological polar surface area (TPSA) is 79.3 Å². The molecule has 1 aromatic carbocycles. The van der Waals surface area contributed by atoms with Crippen molar-refractivity contribution in [2.75, 3.05) is 4.72 Å². The smallest absolute Gasteiger partial charge is 0.236 e. The second-order valence-electron chi connectivity index (χ2n) is 4.52. The first-order valence-corrected chi connectivity index (χ1v) is 7.75. The molecule has 0 bridgehead atoms. The zero-order valence-corrected chi connectivity index (χ0v) is 11.9. The molecule has 1 aromatic heterocycles. The zero-order chi connectivity index (χ0) is 14.6.